The normalized spacial score (nSPS) is 20.5. The predicted molar refractivity (Wildman–Crippen MR) is 124 cm³/mol. The monoisotopic (exact) mass is 398 g/mol. The summed E-state index contributed by atoms with van der Waals surface area (Å²) in [6.07, 6.45) is 1.63. The molecule has 6 rings (SSSR count). The Kier molecular flexibility index (Phi) is 3.92. The molecule has 0 aromatic heterocycles. The fraction of sp³-hybridized carbons (Fsp3) is 0.429. The van der Waals surface area contributed by atoms with Crippen LogP contribution in [0.2, 0.25) is 0 Å². The van der Waals surface area contributed by atoms with Crippen molar-refractivity contribution < 1.29 is 9.59 Å². The first kappa shape index (κ1) is 19.5. The van der Waals surface area contributed by atoms with Gasteiger partial charge < -0.3 is 0 Å². The SMILES string of the molecule is Cc1c(C)c(C)c2c(C)c3c(C)c4c(c(C)c3c(C)c2c1C)C1CCC4C(=O)C1=O. The van der Waals surface area contributed by atoms with Gasteiger partial charge in [-0.25, -0.2) is 0 Å². The Hall–Kier alpha value is -2.48. The van der Waals surface area contributed by atoms with Crippen LogP contribution < -0.4 is 0 Å². The maximum Gasteiger partial charge on any atom is 0.206 e. The Labute approximate surface area is 178 Å². The molecule has 30 heavy (non-hydrogen) atoms. The summed E-state index contributed by atoms with van der Waals surface area (Å²) in [5.41, 5.74) is 12.9. The number of hydrogen-bond donors (Lipinski definition) is 0. The summed E-state index contributed by atoms with van der Waals surface area (Å²) < 4.78 is 0. The van der Waals surface area contributed by atoms with E-state index in [1.165, 1.54) is 77.2 Å². The molecule has 3 aliphatic carbocycles. The van der Waals surface area contributed by atoms with Crippen LogP contribution in [-0.4, -0.2) is 11.6 Å². The first-order valence-electron chi connectivity index (χ1n) is 11.1. The van der Waals surface area contributed by atoms with Gasteiger partial charge in [-0.15, -0.1) is 0 Å². The summed E-state index contributed by atoms with van der Waals surface area (Å²) in [7, 11) is 0. The van der Waals surface area contributed by atoms with Gasteiger partial charge in [0.25, 0.3) is 0 Å². The lowest BCUT2D eigenvalue weighted by Gasteiger charge is -2.39. The van der Waals surface area contributed by atoms with E-state index >= 15 is 0 Å². The third kappa shape index (κ3) is 2.05. The van der Waals surface area contributed by atoms with E-state index in [0.717, 1.165) is 12.8 Å². The molecule has 0 aliphatic heterocycles. The largest absolute Gasteiger partial charge is 0.290 e. The number of carbonyl (C=O) groups excluding carboxylic acids is 2. The van der Waals surface area contributed by atoms with E-state index < -0.39 is 0 Å². The van der Waals surface area contributed by atoms with Crippen molar-refractivity contribution in [3.05, 3.63) is 55.6 Å². The number of hydrogen-bond acceptors (Lipinski definition) is 2. The number of ketones is 2. The van der Waals surface area contributed by atoms with Gasteiger partial charge in [-0.3, -0.25) is 9.59 Å². The molecule has 0 N–H and O–H groups in total. The van der Waals surface area contributed by atoms with E-state index in [1.807, 2.05) is 0 Å². The number of fused-ring (bicyclic) bond motifs is 4. The summed E-state index contributed by atoms with van der Waals surface area (Å²) in [4.78, 5) is 25.5. The fourth-order valence-electron chi connectivity index (χ4n) is 6.87. The lowest BCUT2D eigenvalue weighted by Crippen LogP contribution is -2.40. The van der Waals surface area contributed by atoms with Gasteiger partial charge in [0.05, 0.1) is 11.8 Å². The van der Waals surface area contributed by atoms with Crippen LogP contribution in [0.25, 0.3) is 21.5 Å². The van der Waals surface area contributed by atoms with E-state index in [4.69, 9.17) is 0 Å². The molecule has 2 atom stereocenters. The van der Waals surface area contributed by atoms with Crippen molar-refractivity contribution in [1.82, 2.24) is 0 Å². The molecular weight excluding hydrogens is 368 g/mol. The van der Waals surface area contributed by atoms with Crippen molar-refractivity contribution in [2.24, 2.45) is 0 Å². The number of benzene rings is 3. The highest BCUT2D eigenvalue weighted by molar-refractivity contribution is 6.43. The summed E-state index contributed by atoms with van der Waals surface area (Å²) in [5, 5.41) is 5.34. The van der Waals surface area contributed by atoms with Crippen molar-refractivity contribution in [2.75, 3.05) is 0 Å². The van der Waals surface area contributed by atoms with Crippen molar-refractivity contribution >= 4 is 33.1 Å². The number of Topliss-reactive ketones (excluding diaryl/α,β-unsaturated/α-hetero) is 2. The minimum Gasteiger partial charge on any atom is -0.290 e. The second kappa shape index (κ2) is 6.03. The zero-order valence-electron chi connectivity index (χ0n) is 19.4. The topological polar surface area (TPSA) is 34.1 Å². The second-order valence-corrected chi connectivity index (χ2v) is 9.74. The first-order valence-corrected chi connectivity index (χ1v) is 11.1. The Balaban J connectivity index is 2.08. The highest BCUT2D eigenvalue weighted by Gasteiger charge is 2.47. The summed E-state index contributed by atoms with van der Waals surface area (Å²) in [5.74, 6) is -0.791. The number of rotatable bonds is 0. The molecule has 0 amide bonds. The molecule has 2 bridgehead atoms. The van der Waals surface area contributed by atoms with E-state index in [9.17, 15) is 9.59 Å². The predicted octanol–water partition coefficient (Wildman–Crippen LogP) is 6.57. The van der Waals surface area contributed by atoms with Gasteiger partial charge in [0.2, 0.25) is 11.6 Å². The highest BCUT2D eigenvalue weighted by Crippen LogP contribution is 2.52. The van der Waals surface area contributed by atoms with Crippen LogP contribution in [-0.2, 0) is 9.59 Å². The zero-order valence-corrected chi connectivity index (χ0v) is 19.4. The third-order valence-electron chi connectivity index (χ3n) is 8.60. The van der Waals surface area contributed by atoms with Gasteiger partial charge in [0.15, 0.2) is 0 Å². The molecule has 3 aromatic carbocycles. The highest BCUT2D eigenvalue weighted by atomic mass is 16.2. The van der Waals surface area contributed by atoms with Gasteiger partial charge in [0.1, 0.15) is 0 Å². The molecule has 1 saturated carbocycles. The van der Waals surface area contributed by atoms with Gasteiger partial charge in [-0.2, -0.15) is 0 Å². The van der Waals surface area contributed by atoms with E-state index in [-0.39, 0.29) is 23.4 Å². The van der Waals surface area contributed by atoms with Crippen molar-refractivity contribution in [3.63, 3.8) is 0 Å². The van der Waals surface area contributed by atoms with Gasteiger partial charge in [-0.1, -0.05) is 0 Å². The number of aryl methyl sites for hydroxylation is 6. The minimum atomic E-state index is -0.237. The van der Waals surface area contributed by atoms with E-state index in [0.29, 0.717) is 0 Å². The van der Waals surface area contributed by atoms with Gasteiger partial charge in [0, 0.05) is 0 Å². The van der Waals surface area contributed by atoms with Crippen LogP contribution in [0.4, 0.5) is 0 Å². The summed E-state index contributed by atoms with van der Waals surface area (Å²) in [6.45, 7) is 17.8. The third-order valence-corrected chi connectivity index (χ3v) is 8.60. The quantitative estimate of drug-likeness (QED) is 0.317. The lowest BCUT2D eigenvalue weighted by molar-refractivity contribution is -0.141. The molecule has 3 aromatic rings. The molecule has 0 radical (unpaired) electrons. The zero-order chi connectivity index (χ0) is 21.8. The van der Waals surface area contributed by atoms with Crippen LogP contribution >= 0.6 is 0 Å². The van der Waals surface area contributed by atoms with Crippen LogP contribution in [0, 0.1) is 55.4 Å². The van der Waals surface area contributed by atoms with E-state index in [1.54, 1.807) is 0 Å². The Morgan fingerprint density at radius 1 is 0.433 bits per heavy atom. The Morgan fingerprint density at radius 3 is 1.07 bits per heavy atom. The molecule has 0 spiro atoms. The first-order chi connectivity index (χ1) is 14.1. The molecule has 0 saturated heterocycles. The average molecular weight is 399 g/mol. The maximum absolute atomic E-state index is 12.7. The summed E-state index contributed by atoms with van der Waals surface area (Å²) >= 11 is 0. The smallest absolute Gasteiger partial charge is 0.206 e. The Bertz CT molecular complexity index is 1250. The minimum absolute atomic E-state index is 0.158. The molecule has 3 aliphatic rings. The molecule has 2 nitrogen and oxygen atoms in total. The maximum atomic E-state index is 12.7. The molecule has 2 heteroatoms. The summed E-state index contributed by atoms with van der Waals surface area (Å²) in [6, 6.07) is 0. The average Bonchev–Trinajstić information content (AvgIpc) is 2.72. The standard InChI is InChI=1S/C28H30O2/c1-11-12(2)14(4)22-16(6)24-18(8)26-20-10-9-19(27(29)28(20)30)25(26)17(7)23(24)15(5)21(22)13(11)3/h19-20H,9-10H2,1-8H3. The van der Waals surface area contributed by atoms with Crippen LogP contribution in [0.3, 0.4) is 0 Å². The van der Waals surface area contributed by atoms with Crippen molar-refractivity contribution in [3.8, 4) is 0 Å². The van der Waals surface area contributed by atoms with Crippen LogP contribution in [0.15, 0.2) is 0 Å². The molecular formula is C28H30O2. The number of carbonyl (C=O) groups is 2. The fourth-order valence-corrected chi connectivity index (χ4v) is 6.87. The van der Waals surface area contributed by atoms with Gasteiger partial charge in [-0.05, 0) is 145 Å². The molecule has 2 unspecified atom stereocenters. The second-order valence-electron chi connectivity index (χ2n) is 9.74. The molecule has 1 fully saturated rings. The Morgan fingerprint density at radius 2 is 0.733 bits per heavy atom. The molecule has 0 heterocycles. The molecule has 154 valence electrons. The van der Waals surface area contributed by atoms with Crippen molar-refractivity contribution in [1.29, 1.82) is 0 Å². The van der Waals surface area contributed by atoms with Crippen molar-refractivity contribution in [2.45, 2.75) is 80.1 Å². The van der Waals surface area contributed by atoms with Crippen LogP contribution in [0.5, 0.6) is 0 Å². The van der Waals surface area contributed by atoms with Gasteiger partial charge >= 0.3 is 0 Å². The van der Waals surface area contributed by atoms with E-state index in [2.05, 4.69) is 55.4 Å². The van der Waals surface area contributed by atoms with Crippen LogP contribution in [0.1, 0.15) is 80.3 Å². The lowest BCUT2D eigenvalue weighted by atomic mass is 9.62.